The third kappa shape index (κ3) is 19.5. The lowest BCUT2D eigenvalue weighted by atomic mass is 9.88. The molecule has 17 heteroatoms. The SMILES string of the molecule is CCCCCCCCc1ccc(C(=O)C[C@@H](CCNC(=O)OC(C)(C)C)C(=O)N(C)[C@@H]2C(=O)C[C@@H](C)C(=O)N[C@H](C(=O)OC)Cc3ccc(OCCNC(=O)OC(C)(C)C)c(c3)-c3cc2ccc3OCCC)c(N)c1. The number of fused-ring (bicyclic) bond motifs is 5. The van der Waals surface area contributed by atoms with Gasteiger partial charge in [0.15, 0.2) is 11.6 Å². The van der Waals surface area contributed by atoms with Crippen molar-refractivity contribution in [2.45, 2.75) is 163 Å². The highest BCUT2D eigenvalue weighted by atomic mass is 16.6. The van der Waals surface area contributed by atoms with E-state index in [1.165, 1.54) is 38.3 Å². The molecule has 0 saturated carbocycles. The smallest absolute Gasteiger partial charge is 0.407 e. The van der Waals surface area contributed by atoms with Gasteiger partial charge < -0.3 is 50.3 Å². The number of ether oxygens (including phenoxy) is 5. The normalized spacial score (nSPS) is 16.3. The fourth-order valence-electron chi connectivity index (χ4n) is 8.81. The predicted octanol–water partition coefficient (Wildman–Crippen LogP) is 9.64. The van der Waals surface area contributed by atoms with Gasteiger partial charge in [-0.25, -0.2) is 14.4 Å². The molecule has 0 aliphatic carbocycles. The van der Waals surface area contributed by atoms with Crippen molar-refractivity contribution in [1.29, 1.82) is 0 Å². The Morgan fingerprint density at radius 3 is 2.00 bits per heavy atom. The van der Waals surface area contributed by atoms with E-state index in [1.54, 1.807) is 90.9 Å². The van der Waals surface area contributed by atoms with Crippen LogP contribution in [0.15, 0.2) is 54.6 Å². The number of nitrogens with one attached hydrogen (secondary N) is 3. The predicted molar refractivity (Wildman–Crippen MR) is 289 cm³/mol. The van der Waals surface area contributed by atoms with Crippen LogP contribution in [-0.4, -0.2) is 104 Å². The number of methoxy groups -OCH3 is 1. The molecule has 0 fully saturated rings. The maximum absolute atomic E-state index is 15.2. The molecule has 4 atom stereocenters. The maximum Gasteiger partial charge on any atom is 0.407 e. The van der Waals surface area contributed by atoms with Crippen LogP contribution in [-0.2, 0) is 46.2 Å². The standard InChI is InChI=1S/C58H83N5O12/c1-12-14-15-16-17-18-19-38-20-23-42(45(59)33-38)47(64)36-41(26-27-60-55(69)74-57(4,5)6)53(67)63(10)51-40-22-25-50(72-29-13-2)44(35-40)43-32-39(21-24-49(43)73-30-28-61-56(70)75-58(7,8)9)34-46(54(68)71-11)62-52(66)37(3)31-48(51)65/h20-25,32-33,35,37,41,46,51H,12-19,26-31,34,36,59H2,1-11H3,(H,60,69)(H,61,70)(H,62,66)/t37-,41-,46+,51+/m1/s1. The summed E-state index contributed by atoms with van der Waals surface area (Å²) >= 11 is 0. The number of carbonyl (C=O) groups excluding carboxylic acids is 7. The summed E-state index contributed by atoms with van der Waals surface area (Å²) in [5.74, 6) is -4.00. The van der Waals surface area contributed by atoms with Crippen LogP contribution in [0.25, 0.3) is 11.1 Å². The summed E-state index contributed by atoms with van der Waals surface area (Å²) in [5, 5.41) is 8.18. The average Bonchev–Trinajstić information content (AvgIpc) is 3.33. The van der Waals surface area contributed by atoms with Gasteiger partial charge in [-0.15, -0.1) is 0 Å². The molecule has 412 valence electrons. The molecule has 3 aromatic rings. The number of likely N-dealkylation sites (N-methyl/N-ethyl adjacent to an activating group) is 1. The summed E-state index contributed by atoms with van der Waals surface area (Å²) in [5.41, 5.74) is 8.58. The Morgan fingerprint density at radius 1 is 0.760 bits per heavy atom. The molecule has 4 bridgehead atoms. The first-order chi connectivity index (χ1) is 35.4. The van der Waals surface area contributed by atoms with Gasteiger partial charge in [0, 0.05) is 67.1 Å². The van der Waals surface area contributed by atoms with E-state index in [2.05, 4.69) is 22.9 Å². The van der Waals surface area contributed by atoms with Crippen molar-refractivity contribution < 1.29 is 57.2 Å². The maximum atomic E-state index is 15.2. The molecule has 0 aromatic heterocycles. The van der Waals surface area contributed by atoms with Crippen molar-refractivity contribution in [3.05, 3.63) is 76.9 Å². The van der Waals surface area contributed by atoms with Crippen LogP contribution in [0.3, 0.4) is 0 Å². The lowest BCUT2D eigenvalue weighted by Crippen LogP contribution is -2.46. The number of hydrogen-bond donors (Lipinski definition) is 4. The minimum atomic E-state index is -1.32. The minimum Gasteiger partial charge on any atom is -0.493 e. The quantitative estimate of drug-likeness (QED) is 0.0228. The second-order valence-electron chi connectivity index (χ2n) is 21.4. The van der Waals surface area contributed by atoms with Gasteiger partial charge in [-0.1, -0.05) is 71.1 Å². The lowest BCUT2D eigenvalue weighted by Gasteiger charge is -2.32. The number of nitrogens with two attached hydrogens (primary N) is 1. The van der Waals surface area contributed by atoms with E-state index in [0.717, 1.165) is 31.2 Å². The van der Waals surface area contributed by atoms with Crippen LogP contribution < -0.4 is 31.2 Å². The summed E-state index contributed by atoms with van der Waals surface area (Å²) in [4.78, 5) is 98.2. The lowest BCUT2D eigenvalue weighted by molar-refractivity contribution is -0.146. The Morgan fingerprint density at radius 2 is 1.37 bits per heavy atom. The molecule has 4 amide bonds. The monoisotopic (exact) mass is 1040 g/mol. The van der Waals surface area contributed by atoms with Crippen molar-refractivity contribution >= 4 is 47.2 Å². The number of hydrogen-bond acceptors (Lipinski definition) is 13. The van der Waals surface area contributed by atoms with Crippen molar-refractivity contribution in [2.75, 3.05) is 46.2 Å². The van der Waals surface area contributed by atoms with Gasteiger partial charge in [0.25, 0.3) is 0 Å². The highest BCUT2D eigenvalue weighted by Gasteiger charge is 2.37. The van der Waals surface area contributed by atoms with E-state index in [4.69, 9.17) is 29.4 Å². The van der Waals surface area contributed by atoms with Crippen LogP contribution >= 0.6 is 0 Å². The molecule has 1 aliphatic rings. The zero-order chi connectivity index (χ0) is 55.5. The number of nitrogen functional groups attached to an aromatic ring is 1. The molecule has 75 heavy (non-hydrogen) atoms. The summed E-state index contributed by atoms with van der Waals surface area (Å²) in [6.45, 7) is 16.6. The van der Waals surface area contributed by atoms with Crippen molar-refractivity contribution in [1.82, 2.24) is 20.9 Å². The van der Waals surface area contributed by atoms with Crippen LogP contribution in [0, 0.1) is 11.8 Å². The molecule has 0 radical (unpaired) electrons. The van der Waals surface area contributed by atoms with E-state index in [0.29, 0.717) is 52.5 Å². The molecule has 0 saturated heterocycles. The van der Waals surface area contributed by atoms with E-state index in [1.807, 2.05) is 19.1 Å². The van der Waals surface area contributed by atoms with E-state index in [-0.39, 0.29) is 56.7 Å². The summed E-state index contributed by atoms with van der Waals surface area (Å²) in [6, 6.07) is 13.3. The second kappa shape index (κ2) is 28.9. The molecule has 0 unspecified atom stereocenters. The molecule has 5 N–H and O–H groups in total. The van der Waals surface area contributed by atoms with Gasteiger partial charge >= 0.3 is 18.2 Å². The average molecular weight is 1040 g/mol. The Hall–Kier alpha value is -6.65. The number of aryl methyl sites for hydroxylation is 1. The number of esters is 1. The summed E-state index contributed by atoms with van der Waals surface area (Å²) in [6.07, 6.45) is 6.35. The van der Waals surface area contributed by atoms with Crippen molar-refractivity contribution in [3.8, 4) is 22.6 Å². The third-order valence-electron chi connectivity index (χ3n) is 12.6. The van der Waals surface area contributed by atoms with Gasteiger partial charge in [0.05, 0.1) is 20.3 Å². The fourth-order valence-corrected chi connectivity index (χ4v) is 8.81. The van der Waals surface area contributed by atoms with Crippen molar-refractivity contribution in [3.63, 3.8) is 0 Å². The number of benzene rings is 3. The summed E-state index contributed by atoms with van der Waals surface area (Å²) in [7, 11) is 2.70. The minimum absolute atomic E-state index is 0.00979. The highest BCUT2D eigenvalue weighted by Crippen LogP contribution is 2.41. The number of carbonyl (C=O) groups is 7. The van der Waals surface area contributed by atoms with Crippen LogP contribution in [0.4, 0.5) is 15.3 Å². The zero-order valence-electron chi connectivity index (χ0n) is 46.2. The van der Waals surface area contributed by atoms with E-state index >= 15 is 4.79 Å². The molecule has 1 aliphatic heterocycles. The first-order valence-electron chi connectivity index (χ1n) is 26.5. The number of anilines is 1. The number of amides is 4. The number of ketones is 2. The largest absolute Gasteiger partial charge is 0.493 e. The Balaban J connectivity index is 1.82. The van der Waals surface area contributed by atoms with Crippen LogP contribution in [0.2, 0.25) is 0 Å². The van der Waals surface area contributed by atoms with E-state index in [9.17, 15) is 28.8 Å². The van der Waals surface area contributed by atoms with Gasteiger partial charge in [0.2, 0.25) is 11.8 Å². The Labute approximate surface area is 444 Å². The first-order valence-corrected chi connectivity index (χ1v) is 26.5. The Kier molecular flexibility index (Phi) is 23.4. The number of nitrogens with zero attached hydrogens (tertiary/aromatic N) is 1. The van der Waals surface area contributed by atoms with Crippen LogP contribution in [0.1, 0.15) is 160 Å². The number of unbranched alkanes of at least 4 members (excludes halogenated alkanes) is 5. The molecule has 3 aromatic carbocycles. The molecular formula is C58H83N5O12. The number of rotatable bonds is 23. The molecule has 4 rings (SSSR count). The van der Waals surface area contributed by atoms with E-state index < -0.39 is 70.9 Å². The first kappa shape index (κ1) is 60.9. The van der Waals surface area contributed by atoms with Gasteiger partial charge in [-0.3, -0.25) is 19.2 Å². The van der Waals surface area contributed by atoms with Gasteiger partial charge in [0.1, 0.15) is 41.4 Å². The number of Topliss-reactive ketones (excluding diaryl/α,β-unsaturated/α-hetero) is 2. The fraction of sp³-hybridized carbons (Fsp3) is 0.569. The van der Waals surface area contributed by atoms with Crippen LogP contribution in [0.5, 0.6) is 11.5 Å². The second-order valence-corrected chi connectivity index (χ2v) is 21.4. The van der Waals surface area contributed by atoms with Gasteiger partial charge in [-0.2, -0.15) is 0 Å². The number of alkyl carbamates (subject to hydrolysis) is 2. The highest BCUT2D eigenvalue weighted by molar-refractivity contribution is 6.03. The zero-order valence-corrected chi connectivity index (χ0v) is 46.2. The molecule has 1 heterocycles. The van der Waals surface area contributed by atoms with Gasteiger partial charge in [-0.05, 0) is 120 Å². The van der Waals surface area contributed by atoms with Crippen molar-refractivity contribution in [2.24, 2.45) is 11.8 Å². The topological polar surface area (TPSA) is 231 Å². The third-order valence-corrected chi connectivity index (χ3v) is 12.6. The molecule has 17 nitrogen and oxygen atoms in total. The molecular weight excluding hydrogens is 959 g/mol. The molecule has 0 spiro atoms. The Bertz CT molecular complexity index is 2440. The summed E-state index contributed by atoms with van der Waals surface area (Å²) < 4.78 is 28.6.